The predicted molar refractivity (Wildman–Crippen MR) is 57.0 cm³/mol. The third-order valence-corrected chi connectivity index (χ3v) is 2.07. The molecule has 0 bridgehead atoms. The van der Waals surface area contributed by atoms with Crippen LogP contribution in [-0.2, 0) is 0 Å². The molecular weight excluding hydrogens is 249 g/mol. The van der Waals surface area contributed by atoms with Crippen molar-refractivity contribution in [1.82, 2.24) is 9.97 Å². The monoisotopic (exact) mass is 256 g/mol. The molecule has 0 atom stereocenters. The second-order valence-corrected chi connectivity index (χ2v) is 3.38. The molecule has 0 aliphatic rings. The number of aromatic nitrogens is 2. The summed E-state index contributed by atoms with van der Waals surface area (Å²) in [6.07, 6.45) is -2.10. The largest absolute Gasteiger partial charge is 0.573 e. The summed E-state index contributed by atoms with van der Waals surface area (Å²) in [6, 6.07) is 5.40. The van der Waals surface area contributed by atoms with Crippen molar-refractivity contribution in [3.05, 3.63) is 47.1 Å². The molecule has 1 aromatic heterocycles. The summed E-state index contributed by atoms with van der Waals surface area (Å²) in [6.45, 7) is 0. The standard InChI is InChI=1S/C11H7F3N2O2/c12-11(13,14)18-9-3-1-2-7(4-9)8-5-15-10(17)16-6-8/h1-6H,(H,15,16,17). The Labute approximate surface area is 99.1 Å². The second-order valence-electron chi connectivity index (χ2n) is 3.38. The van der Waals surface area contributed by atoms with Crippen molar-refractivity contribution in [2.45, 2.75) is 6.36 Å². The number of hydrogen-bond acceptors (Lipinski definition) is 3. The molecule has 0 amide bonds. The molecule has 7 heteroatoms. The van der Waals surface area contributed by atoms with Crippen LogP contribution in [0.5, 0.6) is 5.75 Å². The number of aromatic amines is 1. The van der Waals surface area contributed by atoms with Crippen LogP contribution in [0.25, 0.3) is 11.1 Å². The van der Waals surface area contributed by atoms with Gasteiger partial charge >= 0.3 is 12.1 Å². The van der Waals surface area contributed by atoms with Crippen LogP contribution in [0.1, 0.15) is 0 Å². The summed E-state index contributed by atoms with van der Waals surface area (Å²) in [5, 5.41) is 0. The Bertz CT molecular complexity index is 587. The third kappa shape index (κ3) is 3.09. The summed E-state index contributed by atoms with van der Waals surface area (Å²) in [5.74, 6) is -0.328. The van der Waals surface area contributed by atoms with Gasteiger partial charge in [-0.15, -0.1) is 13.2 Å². The lowest BCUT2D eigenvalue weighted by molar-refractivity contribution is -0.274. The smallest absolute Gasteiger partial charge is 0.406 e. The number of H-pyrrole nitrogens is 1. The molecule has 1 aromatic carbocycles. The number of rotatable bonds is 2. The van der Waals surface area contributed by atoms with E-state index >= 15 is 0 Å². The minimum atomic E-state index is -4.73. The highest BCUT2D eigenvalue weighted by Crippen LogP contribution is 2.26. The minimum Gasteiger partial charge on any atom is -0.406 e. The fraction of sp³-hybridized carbons (Fsp3) is 0.0909. The van der Waals surface area contributed by atoms with E-state index in [1.807, 2.05) is 0 Å². The zero-order valence-electron chi connectivity index (χ0n) is 8.86. The number of hydrogen-bond donors (Lipinski definition) is 1. The molecule has 0 spiro atoms. The molecule has 0 radical (unpaired) electrons. The second kappa shape index (κ2) is 4.52. The van der Waals surface area contributed by atoms with Gasteiger partial charge in [0, 0.05) is 18.0 Å². The van der Waals surface area contributed by atoms with Crippen molar-refractivity contribution in [2.75, 3.05) is 0 Å². The van der Waals surface area contributed by atoms with E-state index in [4.69, 9.17) is 0 Å². The van der Waals surface area contributed by atoms with E-state index in [2.05, 4.69) is 14.7 Å². The summed E-state index contributed by atoms with van der Waals surface area (Å²) >= 11 is 0. The zero-order valence-corrected chi connectivity index (χ0v) is 8.86. The molecule has 18 heavy (non-hydrogen) atoms. The quantitative estimate of drug-likeness (QED) is 0.897. The van der Waals surface area contributed by atoms with E-state index in [1.165, 1.54) is 30.6 Å². The van der Waals surface area contributed by atoms with Gasteiger partial charge in [-0.2, -0.15) is 0 Å². The van der Waals surface area contributed by atoms with Crippen LogP contribution in [-0.4, -0.2) is 16.3 Å². The predicted octanol–water partition coefficient (Wildman–Crippen LogP) is 2.34. The number of benzene rings is 1. The highest BCUT2D eigenvalue weighted by Gasteiger charge is 2.31. The molecule has 2 aromatic rings. The number of nitrogens with zero attached hydrogens (tertiary/aromatic N) is 1. The first-order valence-corrected chi connectivity index (χ1v) is 4.85. The molecule has 0 unspecified atom stereocenters. The van der Waals surface area contributed by atoms with Gasteiger partial charge in [0.15, 0.2) is 0 Å². The molecule has 1 N–H and O–H groups in total. The van der Waals surface area contributed by atoms with Crippen LogP contribution in [0.4, 0.5) is 13.2 Å². The molecule has 1 heterocycles. The van der Waals surface area contributed by atoms with Gasteiger partial charge in [-0.1, -0.05) is 12.1 Å². The number of halogens is 3. The lowest BCUT2D eigenvalue weighted by Gasteiger charge is -2.09. The Morgan fingerprint density at radius 3 is 2.61 bits per heavy atom. The van der Waals surface area contributed by atoms with Crippen molar-refractivity contribution < 1.29 is 17.9 Å². The van der Waals surface area contributed by atoms with E-state index in [9.17, 15) is 18.0 Å². The van der Waals surface area contributed by atoms with Crippen molar-refractivity contribution >= 4 is 0 Å². The molecule has 2 rings (SSSR count). The van der Waals surface area contributed by atoms with E-state index < -0.39 is 12.1 Å². The molecule has 0 saturated carbocycles. The topological polar surface area (TPSA) is 55.0 Å². The molecule has 0 aliphatic heterocycles. The molecule has 0 fully saturated rings. The fourth-order valence-electron chi connectivity index (χ4n) is 1.37. The highest BCUT2D eigenvalue weighted by atomic mass is 19.4. The van der Waals surface area contributed by atoms with Gasteiger partial charge in [-0.3, -0.25) is 0 Å². The van der Waals surface area contributed by atoms with Gasteiger partial charge in [0.25, 0.3) is 0 Å². The first-order valence-electron chi connectivity index (χ1n) is 4.85. The van der Waals surface area contributed by atoms with Crippen molar-refractivity contribution in [3.63, 3.8) is 0 Å². The van der Waals surface area contributed by atoms with Crippen LogP contribution in [0.15, 0.2) is 41.5 Å². The zero-order chi connectivity index (χ0) is 13.2. The summed E-state index contributed by atoms with van der Waals surface area (Å²) < 4.78 is 39.9. The van der Waals surface area contributed by atoms with Crippen molar-refractivity contribution in [2.24, 2.45) is 0 Å². The lowest BCUT2D eigenvalue weighted by Crippen LogP contribution is -2.17. The average molecular weight is 256 g/mol. The molecule has 0 aliphatic carbocycles. The molecule has 94 valence electrons. The van der Waals surface area contributed by atoms with Crippen molar-refractivity contribution in [1.29, 1.82) is 0 Å². The van der Waals surface area contributed by atoms with Gasteiger partial charge in [-0.25, -0.2) is 9.78 Å². The fourth-order valence-corrected chi connectivity index (χ4v) is 1.37. The maximum absolute atomic E-state index is 12.0. The van der Waals surface area contributed by atoms with Crippen molar-refractivity contribution in [3.8, 4) is 16.9 Å². The summed E-state index contributed by atoms with van der Waals surface area (Å²) in [4.78, 5) is 16.6. The Balaban J connectivity index is 2.32. The first-order chi connectivity index (χ1) is 8.44. The Hall–Kier alpha value is -2.31. The summed E-state index contributed by atoms with van der Waals surface area (Å²) in [5.41, 5.74) is 0.421. The van der Waals surface area contributed by atoms with Crippen LogP contribution in [0.3, 0.4) is 0 Å². The maximum Gasteiger partial charge on any atom is 0.573 e. The molecule has 0 saturated heterocycles. The van der Waals surface area contributed by atoms with Crippen LogP contribution in [0.2, 0.25) is 0 Å². The normalized spacial score (nSPS) is 11.3. The number of ether oxygens (including phenoxy) is 1. The van der Waals surface area contributed by atoms with E-state index in [0.29, 0.717) is 11.1 Å². The van der Waals surface area contributed by atoms with Gasteiger partial charge in [0.1, 0.15) is 5.75 Å². The maximum atomic E-state index is 12.0. The minimum absolute atomic E-state index is 0.328. The van der Waals surface area contributed by atoms with Crippen LogP contribution in [0, 0.1) is 0 Å². The van der Waals surface area contributed by atoms with Gasteiger partial charge < -0.3 is 9.72 Å². The first kappa shape index (κ1) is 12.2. The lowest BCUT2D eigenvalue weighted by atomic mass is 10.1. The van der Waals surface area contributed by atoms with E-state index in [-0.39, 0.29) is 5.75 Å². The van der Waals surface area contributed by atoms with E-state index in [0.717, 1.165) is 0 Å². The third-order valence-electron chi connectivity index (χ3n) is 2.07. The van der Waals surface area contributed by atoms with Gasteiger partial charge in [-0.05, 0) is 17.7 Å². The number of alkyl halides is 3. The van der Waals surface area contributed by atoms with Gasteiger partial charge in [0.05, 0.1) is 0 Å². The highest BCUT2D eigenvalue weighted by molar-refractivity contribution is 5.63. The van der Waals surface area contributed by atoms with Crippen LogP contribution < -0.4 is 10.4 Å². The Morgan fingerprint density at radius 1 is 1.22 bits per heavy atom. The van der Waals surface area contributed by atoms with E-state index in [1.54, 1.807) is 6.07 Å². The van der Waals surface area contributed by atoms with Gasteiger partial charge in [0.2, 0.25) is 0 Å². The average Bonchev–Trinajstić information content (AvgIpc) is 2.28. The Kier molecular flexibility index (Phi) is 3.05. The van der Waals surface area contributed by atoms with Crippen LogP contribution >= 0.6 is 0 Å². The molecular formula is C11H7F3N2O2. The molecule has 4 nitrogen and oxygen atoms in total. The number of nitrogens with one attached hydrogen (secondary N) is 1. The summed E-state index contributed by atoms with van der Waals surface area (Å²) in [7, 11) is 0. The Morgan fingerprint density at radius 2 is 2.00 bits per heavy atom. The SMILES string of the molecule is O=c1ncc(-c2cccc(OC(F)(F)F)c2)c[nH]1.